The van der Waals surface area contributed by atoms with E-state index < -0.39 is 0 Å². The van der Waals surface area contributed by atoms with Crippen LogP contribution in [0.4, 0.5) is 0 Å². The molecule has 9 heteroatoms. The van der Waals surface area contributed by atoms with Gasteiger partial charge in [0.05, 0.1) is 37.9 Å². The minimum absolute atomic E-state index is 0.165. The summed E-state index contributed by atoms with van der Waals surface area (Å²) in [5.74, 6) is 0.309. The van der Waals surface area contributed by atoms with E-state index in [-0.39, 0.29) is 17.6 Å². The lowest BCUT2D eigenvalue weighted by Gasteiger charge is -2.18. The van der Waals surface area contributed by atoms with E-state index >= 15 is 0 Å². The van der Waals surface area contributed by atoms with Crippen molar-refractivity contribution in [1.82, 2.24) is 24.5 Å². The van der Waals surface area contributed by atoms with Crippen LogP contribution >= 0.6 is 0 Å². The van der Waals surface area contributed by atoms with E-state index in [2.05, 4.69) is 19.9 Å². The number of nitrogens with zero attached hydrogens (tertiary/aromatic N) is 5. The number of ether oxygens (including phenoxy) is 3. The van der Waals surface area contributed by atoms with Crippen LogP contribution in [0, 0.1) is 6.92 Å². The first-order valence-electron chi connectivity index (χ1n) is 8.34. The van der Waals surface area contributed by atoms with Gasteiger partial charge in [-0.3, -0.25) is 14.3 Å². The highest BCUT2D eigenvalue weighted by Gasteiger charge is 2.20. The van der Waals surface area contributed by atoms with Crippen LogP contribution in [0.3, 0.4) is 0 Å². The van der Waals surface area contributed by atoms with Gasteiger partial charge in [-0.05, 0) is 19.9 Å². The first kappa shape index (κ1) is 18.7. The van der Waals surface area contributed by atoms with E-state index in [0.29, 0.717) is 40.5 Å². The van der Waals surface area contributed by atoms with Crippen LogP contribution in [0.5, 0.6) is 11.9 Å². The van der Waals surface area contributed by atoms with Gasteiger partial charge in [-0.1, -0.05) is 0 Å². The van der Waals surface area contributed by atoms with Gasteiger partial charge >= 0.3 is 6.01 Å². The molecule has 0 bridgehead atoms. The maximum atomic E-state index is 12.7. The Morgan fingerprint density at radius 3 is 2.59 bits per heavy atom. The van der Waals surface area contributed by atoms with Gasteiger partial charge in [0, 0.05) is 19.5 Å². The van der Waals surface area contributed by atoms with Crippen LogP contribution < -0.4 is 15.0 Å². The molecule has 0 saturated heterocycles. The summed E-state index contributed by atoms with van der Waals surface area (Å²) in [4.78, 5) is 30.0. The molecule has 0 radical (unpaired) electrons. The zero-order valence-corrected chi connectivity index (χ0v) is 15.9. The minimum atomic E-state index is -0.170. The molecule has 0 spiro atoms. The van der Waals surface area contributed by atoms with Crippen LogP contribution in [0.1, 0.15) is 18.7 Å². The second-order valence-corrected chi connectivity index (χ2v) is 5.98. The number of fused-ring (bicyclic) bond motifs is 1. The third kappa shape index (κ3) is 3.33. The lowest BCUT2D eigenvalue weighted by molar-refractivity contribution is 0.162. The van der Waals surface area contributed by atoms with Gasteiger partial charge in [0.15, 0.2) is 0 Å². The Balaban J connectivity index is 2.32. The molecule has 0 aromatic carbocycles. The number of aryl methyl sites for hydroxylation is 1. The molecule has 3 aromatic heterocycles. The number of rotatable bonds is 6. The van der Waals surface area contributed by atoms with E-state index in [9.17, 15) is 4.79 Å². The predicted molar refractivity (Wildman–Crippen MR) is 99.3 cm³/mol. The summed E-state index contributed by atoms with van der Waals surface area (Å²) in [6.07, 6.45) is 3.19. The monoisotopic (exact) mass is 371 g/mol. The highest BCUT2D eigenvalue weighted by atomic mass is 16.5. The van der Waals surface area contributed by atoms with Gasteiger partial charge < -0.3 is 14.2 Å². The lowest BCUT2D eigenvalue weighted by atomic mass is 10.1. The first-order valence-corrected chi connectivity index (χ1v) is 8.34. The molecular weight excluding hydrogens is 350 g/mol. The Hall–Kier alpha value is -3.07. The number of hydrogen-bond donors (Lipinski definition) is 0. The maximum absolute atomic E-state index is 12.7. The number of hydrogen-bond acceptors (Lipinski definition) is 8. The topological polar surface area (TPSA) is 101 Å². The molecule has 0 aliphatic carbocycles. The van der Waals surface area contributed by atoms with Crippen molar-refractivity contribution in [3.05, 3.63) is 34.5 Å². The third-order valence-corrected chi connectivity index (χ3v) is 4.18. The zero-order chi connectivity index (χ0) is 19.6. The molecule has 27 heavy (non-hydrogen) atoms. The van der Waals surface area contributed by atoms with Crippen molar-refractivity contribution in [3.63, 3.8) is 0 Å². The molecule has 3 rings (SSSR count). The quantitative estimate of drug-likeness (QED) is 0.646. The summed E-state index contributed by atoms with van der Waals surface area (Å²) >= 11 is 0. The minimum Gasteiger partial charge on any atom is -0.480 e. The Bertz CT molecular complexity index is 1030. The first-order chi connectivity index (χ1) is 13.0. The third-order valence-electron chi connectivity index (χ3n) is 4.18. The Kier molecular flexibility index (Phi) is 5.31. The molecule has 3 aromatic rings. The fraction of sp³-hybridized carbons (Fsp3) is 0.389. The van der Waals surface area contributed by atoms with E-state index in [1.165, 1.54) is 14.2 Å². The molecule has 1 unspecified atom stereocenters. The summed E-state index contributed by atoms with van der Waals surface area (Å²) in [5.41, 5.74) is 2.49. The average Bonchev–Trinajstić information content (AvgIpc) is 2.68. The van der Waals surface area contributed by atoms with Gasteiger partial charge in [0.1, 0.15) is 16.9 Å². The van der Waals surface area contributed by atoms with Crippen molar-refractivity contribution in [2.75, 3.05) is 27.9 Å². The van der Waals surface area contributed by atoms with Crippen molar-refractivity contribution in [1.29, 1.82) is 0 Å². The van der Waals surface area contributed by atoms with Gasteiger partial charge in [-0.2, -0.15) is 4.98 Å². The van der Waals surface area contributed by atoms with Crippen LogP contribution in [-0.4, -0.2) is 52.4 Å². The van der Waals surface area contributed by atoms with Gasteiger partial charge in [0.25, 0.3) is 5.56 Å². The normalized spacial score (nSPS) is 12.2. The van der Waals surface area contributed by atoms with E-state index in [4.69, 9.17) is 14.2 Å². The predicted octanol–water partition coefficient (Wildman–Crippen LogP) is 1.78. The Labute approximate surface area is 156 Å². The Morgan fingerprint density at radius 2 is 1.93 bits per heavy atom. The molecule has 1 atom stereocenters. The van der Waals surface area contributed by atoms with E-state index in [0.717, 1.165) is 0 Å². The zero-order valence-electron chi connectivity index (χ0n) is 15.9. The standard InChI is InChI=1S/C18H21N5O4/c1-10(9-25-3)23-13-6-7-19-14(15(13)21-11(2)17(23)24)12-8-20-18(27-5)22-16(12)26-4/h6-8,10H,9H2,1-5H3. The summed E-state index contributed by atoms with van der Waals surface area (Å²) in [6.45, 7) is 3.99. The molecule has 0 aliphatic heterocycles. The number of aromatic nitrogens is 5. The van der Waals surface area contributed by atoms with E-state index in [1.807, 2.05) is 6.92 Å². The second-order valence-electron chi connectivity index (χ2n) is 5.98. The average molecular weight is 371 g/mol. The number of pyridine rings is 1. The Morgan fingerprint density at radius 1 is 1.15 bits per heavy atom. The van der Waals surface area contributed by atoms with Crippen molar-refractivity contribution in [2.45, 2.75) is 19.9 Å². The van der Waals surface area contributed by atoms with Crippen LogP contribution in [0.25, 0.3) is 22.3 Å². The van der Waals surface area contributed by atoms with Crippen molar-refractivity contribution >= 4 is 11.0 Å². The number of methoxy groups -OCH3 is 3. The maximum Gasteiger partial charge on any atom is 0.319 e. The second kappa shape index (κ2) is 7.67. The molecule has 0 N–H and O–H groups in total. The highest BCUT2D eigenvalue weighted by molar-refractivity contribution is 5.90. The van der Waals surface area contributed by atoms with Gasteiger partial charge in [0.2, 0.25) is 5.88 Å². The lowest BCUT2D eigenvalue weighted by Crippen LogP contribution is -2.29. The molecule has 0 saturated carbocycles. The fourth-order valence-corrected chi connectivity index (χ4v) is 2.97. The molecule has 0 fully saturated rings. The van der Waals surface area contributed by atoms with Gasteiger partial charge in [-0.25, -0.2) is 9.97 Å². The van der Waals surface area contributed by atoms with Crippen LogP contribution in [-0.2, 0) is 4.74 Å². The molecule has 142 valence electrons. The molecular formula is C18H21N5O4. The molecule has 3 heterocycles. The van der Waals surface area contributed by atoms with Crippen LogP contribution in [0.15, 0.2) is 23.3 Å². The fourth-order valence-electron chi connectivity index (χ4n) is 2.97. The molecule has 9 nitrogen and oxygen atoms in total. The smallest absolute Gasteiger partial charge is 0.319 e. The van der Waals surface area contributed by atoms with Crippen LogP contribution in [0.2, 0.25) is 0 Å². The summed E-state index contributed by atoms with van der Waals surface area (Å²) < 4.78 is 17.3. The molecule has 0 amide bonds. The summed E-state index contributed by atoms with van der Waals surface area (Å²) in [7, 11) is 4.58. The van der Waals surface area contributed by atoms with Crippen molar-refractivity contribution < 1.29 is 14.2 Å². The molecule has 0 aliphatic rings. The van der Waals surface area contributed by atoms with E-state index in [1.54, 1.807) is 37.1 Å². The largest absolute Gasteiger partial charge is 0.480 e. The SMILES string of the molecule is COCC(C)n1c(=O)c(C)nc2c(-c3cnc(OC)nc3OC)nccc21. The summed E-state index contributed by atoms with van der Waals surface area (Å²) in [5, 5.41) is 0. The van der Waals surface area contributed by atoms with Gasteiger partial charge in [-0.15, -0.1) is 0 Å². The van der Waals surface area contributed by atoms with Crippen molar-refractivity contribution in [2.24, 2.45) is 0 Å². The van der Waals surface area contributed by atoms with Crippen molar-refractivity contribution in [3.8, 4) is 23.1 Å². The summed E-state index contributed by atoms with van der Waals surface area (Å²) in [6, 6.07) is 1.77. The highest BCUT2D eigenvalue weighted by Crippen LogP contribution is 2.31.